The fourth-order valence-corrected chi connectivity index (χ4v) is 4.04. The first kappa shape index (κ1) is 32.1. The number of hydrogen-bond acceptors (Lipinski definition) is 18. The van der Waals surface area contributed by atoms with Gasteiger partial charge in [0.15, 0.2) is 57.8 Å². The van der Waals surface area contributed by atoms with Crippen LogP contribution in [-0.4, -0.2) is 111 Å². The number of ether oxygens (including phenoxy) is 4. The number of aliphatic hydroxyl groups is 2. The highest BCUT2D eigenvalue weighted by molar-refractivity contribution is 5.92. The normalized spacial score (nSPS) is 21.1. The van der Waals surface area contributed by atoms with Crippen LogP contribution in [-0.2, 0) is 18.9 Å². The lowest BCUT2D eigenvalue weighted by Crippen LogP contribution is -2.61. The van der Waals surface area contributed by atoms with Crippen molar-refractivity contribution in [3.63, 3.8) is 0 Å². The van der Waals surface area contributed by atoms with Gasteiger partial charge in [-0.2, -0.15) is 0 Å². The highest BCUT2D eigenvalue weighted by Crippen LogP contribution is 2.38. The predicted molar refractivity (Wildman–Crippen MR) is 140 cm³/mol. The summed E-state index contributed by atoms with van der Waals surface area (Å²) in [7, 11) is 0. The lowest BCUT2D eigenvalue weighted by molar-refractivity contribution is -0.284. The minimum atomic E-state index is -2.16. The van der Waals surface area contributed by atoms with E-state index in [0.29, 0.717) is 24.3 Å². The van der Waals surface area contributed by atoms with Crippen LogP contribution in [0.5, 0.6) is 51.7 Å². The third kappa shape index (κ3) is 6.56. The molecule has 18 nitrogen and oxygen atoms in total. The number of phenolic OH excluding ortho intramolecular Hbond substituents is 9. The zero-order valence-corrected chi connectivity index (χ0v) is 22.3. The Morgan fingerprint density at radius 3 is 1.31 bits per heavy atom. The molecule has 0 aromatic heterocycles. The van der Waals surface area contributed by atoms with Gasteiger partial charge in [0.05, 0.1) is 16.7 Å². The van der Waals surface area contributed by atoms with Gasteiger partial charge >= 0.3 is 17.9 Å². The van der Waals surface area contributed by atoms with Crippen LogP contribution in [0.2, 0.25) is 0 Å². The molecule has 0 spiro atoms. The van der Waals surface area contributed by atoms with E-state index >= 15 is 0 Å². The van der Waals surface area contributed by atoms with E-state index in [0.717, 1.165) is 12.1 Å². The van der Waals surface area contributed by atoms with Crippen LogP contribution >= 0.6 is 0 Å². The number of benzene rings is 3. The molecule has 0 saturated carbocycles. The highest BCUT2D eigenvalue weighted by atomic mass is 16.7. The van der Waals surface area contributed by atoms with Crippen molar-refractivity contribution in [3.8, 4) is 51.7 Å². The molecular weight excluding hydrogens is 612 g/mol. The van der Waals surface area contributed by atoms with Crippen LogP contribution in [0.4, 0.5) is 0 Å². The van der Waals surface area contributed by atoms with Gasteiger partial charge in [0.25, 0.3) is 0 Å². The van der Waals surface area contributed by atoms with E-state index in [1.807, 2.05) is 0 Å². The van der Waals surface area contributed by atoms with Gasteiger partial charge in [-0.1, -0.05) is 0 Å². The van der Waals surface area contributed by atoms with E-state index in [9.17, 15) is 70.6 Å². The molecule has 5 atom stereocenters. The van der Waals surface area contributed by atoms with E-state index in [4.69, 9.17) is 18.9 Å². The maximum absolute atomic E-state index is 12.9. The monoisotopic (exact) mass is 636 g/mol. The Morgan fingerprint density at radius 1 is 0.556 bits per heavy atom. The van der Waals surface area contributed by atoms with Gasteiger partial charge in [-0.25, -0.2) is 14.4 Å². The third-order valence-corrected chi connectivity index (χ3v) is 6.41. The number of aromatic hydroxyl groups is 9. The summed E-state index contributed by atoms with van der Waals surface area (Å²) in [4.78, 5) is 38.1. The first-order valence-corrected chi connectivity index (χ1v) is 12.4. The number of carbonyl (C=O) groups excluding carboxylic acids is 3. The predicted octanol–water partition coefficient (Wildman–Crippen LogP) is -0.277. The Labute approximate surface area is 249 Å². The van der Waals surface area contributed by atoms with Crippen LogP contribution in [0.1, 0.15) is 31.1 Å². The van der Waals surface area contributed by atoms with E-state index in [-0.39, 0.29) is 0 Å². The fourth-order valence-electron chi connectivity index (χ4n) is 4.04. The first-order valence-electron chi connectivity index (χ1n) is 12.4. The van der Waals surface area contributed by atoms with Crippen LogP contribution in [0.3, 0.4) is 0 Å². The SMILES string of the molecule is O=C(OC[C@H]1O[C@@H](OC(=O)c2cc(O)c(O)c(O)c2)[C@@H](OC(=O)c2cc(O)c(O)c(O)c2)[C@@H](O)[C@@H]1O)c1cc(O)c(O)c(O)c1. The van der Waals surface area contributed by atoms with Crippen molar-refractivity contribution < 1.29 is 89.5 Å². The van der Waals surface area contributed by atoms with Crippen molar-refractivity contribution >= 4 is 17.9 Å². The molecule has 11 N–H and O–H groups in total. The summed E-state index contributed by atoms with van der Waals surface area (Å²) in [6.45, 7) is -0.894. The molecule has 3 aromatic carbocycles. The molecule has 0 amide bonds. The van der Waals surface area contributed by atoms with Crippen molar-refractivity contribution in [1.82, 2.24) is 0 Å². The Kier molecular flexibility index (Phi) is 8.84. The second kappa shape index (κ2) is 12.4. The summed E-state index contributed by atoms with van der Waals surface area (Å²) in [5.74, 6) is -12.4. The summed E-state index contributed by atoms with van der Waals surface area (Å²) in [6.07, 6.45) is -10.1. The van der Waals surface area contributed by atoms with Crippen LogP contribution in [0, 0.1) is 0 Å². The second-order valence-corrected chi connectivity index (χ2v) is 9.49. The van der Waals surface area contributed by atoms with Crippen molar-refractivity contribution in [2.45, 2.75) is 30.7 Å². The molecule has 1 saturated heterocycles. The average molecular weight is 636 g/mol. The molecule has 1 aliphatic heterocycles. The molecule has 0 radical (unpaired) electrons. The molecule has 1 aliphatic rings. The Morgan fingerprint density at radius 2 is 0.911 bits per heavy atom. The fraction of sp³-hybridized carbons (Fsp3) is 0.222. The van der Waals surface area contributed by atoms with Crippen molar-refractivity contribution in [1.29, 1.82) is 0 Å². The minimum Gasteiger partial charge on any atom is -0.504 e. The Balaban J connectivity index is 1.59. The average Bonchev–Trinajstić information content (AvgIpc) is 2.99. The van der Waals surface area contributed by atoms with Gasteiger partial charge in [0, 0.05) is 0 Å². The highest BCUT2D eigenvalue weighted by Gasteiger charge is 2.49. The number of rotatable bonds is 7. The summed E-state index contributed by atoms with van der Waals surface area (Å²) < 4.78 is 20.7. The standard InChI is InChI=1S/C27H24O18/c28-11-1-8(2-12(29)18(11)34)24(39)42-7-17-21(37)22(38)23(44-25(40)9-3-13(30)19(35)14(31)4-9)27(43-17)45-26(41)10-5-15(32)20(36)16(33)6-10/h1-6,17,21-23,27-38H,7H2/t17-,21-,22+,23+,27+/m1/s1. The maximum atomic E-state index is 12.9. The first-order chi connectivity index (χ1) is 21.1. The van der Waals surface area contributed by atoms with Gasteiger partial charge in [0.2, 0.25) is 6.29 Å². The molecule has 3 aromatic rings. The van der Waals surface area contributed by atoms with Gasteiger partial charge < -0.3 is 75.1 Å². The number of phenols is 9. The van der Waals surface area contributed by atoms with E-state index < -0.39 is 124 Å². The Hall–Kier alpha value is -5.85. The molecule has 0 aliphatic carbocycles. The molecule has 18 heteroatoms. The number of hydrogen-bond donors (Lipinski definition) is 11. The third-order valence-electron chi connectivity index (χ3n) is 6.41. The molecular formula is C27H24O18. The van der Waals surface area contributed by atoms with Gasteiger partial charge in [-0.05, 0) is 36.4 Å². The van der Waals surface area contributed by atoms with Gasteiger partial charge in [0.1, 0.15) is 24.9 Å². The minimum absolute atomic E-state index is 0.462. The molecule has 4 rings (SSSR count). The van der Waals surface area contributed by atoms with E-state index in [1.54, 1.807) is 0 Å². The van der Waals surface area contributed by atoms with Crippen LogP contribution < -0.4 is 0 Å². The molecule has 1 heterocycles. The van der Waals surface area contributed by atoms with Crippen LogP contribution in [0.15, 0.2) is 36.4 Å². The second-order valence-electron chi connectivity index (χ2n) is 9.49. The lowest BCUT2D eigenvalue weighted by atomic mass is 9.99. The molecule has 240 valence electrons. The number of carbonyl (C=O) groups is 3. The van der Waals surface area contributed by atoms with Crippen molar-refractivity contribution in [3.05, 3.63) is 53.1 Å². The zero-order chi connectivity index (χ0) is 33.3. The van der Waals surface area contributed by atoms with Crippen LogP contribution in [0.25, 0.3) is 0 Å². The topological polar surface area (TPSA) is 311 Å². The smallest absolute Gasteiger partial charge is 0.340 e. The Bertz CT molecular complexity index is 1580. The lowest BCUT2D eigenvalue weighted by Gasteiger charge is -2.41. The largest absolute Gasteiger partial charge is 0.504 e. The summed E-state index contributed by atoms with van der Waals surface area (Å²) in [5.41, 5.74) is -1.63. The summed E-state index contributed by atoms with van der Waals surface area (Å²) in [6, 6.07) is 4.19. The van der Waals surface area contributed by atoms with Gasteiger partial charge in [-0.15, -0.1) is 0 Å². The summed E-state index contributed by atoms with van der Waals surface area (Å²) in [5, 5.41) is 108. The van der Waals surface area contributed by atoms with E-state index in [1.165, 1.54) is 0 Å². The number of aliphatic hydroxyl groups excluding tert-OH is 2. The number of esters is 3. The molecule has 0 unspecified atom stereocenters. The van der Waals surface area contributed by atoms with Gasteiger partial charge in [-0.3, -0.25) is 0 Å². The van der Waals surface area contributed by atoms with E-state index in [2.05, 4.69) is 0 Å². The molecule has 45 heavy (non-hydrogen) atoms. The quantitative estimate of drug-likeness (QED) is 0.0902. The maximum Gasteiger partial charge on any atom is 0.340 e. The molecule has 1 fully saturated rings. The molecule has 0 bridgehead atoms. The van der Waals surface area contributed by atoms with Crippen molar-refractivity contribution in [2.24, 2.45) is 0 Å². The summed E-state index contributed by atoms with van der Waals surface area (Å²) >= 11 is 0. The van der Waals surface area contributed by atoms with Crippen molar-refractivity contribution in [2.75, 3.05) is 6.61 Å². The zero-order valence-electron chi connectivity index (χ0n) is 22.3.